The zero-order chi connectivity index (χ0) is 13.9. The minimum Gasteiger partial charge on any atom is -0.491 e. The number of hydrogen-bond donors (Lipinski definition) is 1. The Hall–Kier alpha value is -1.97. The molecule has 1 aromatic carbocycles. The fraction of sp³-hybridized carbons (Fsp3) is 0.375. The Balaban J connectivity index is 1.78. The third-order valence-electron chi connectivity index (χ3n) is 3.62. The van der Waals surface area contributed by atoms with Crippen LogP contribution in [0.15, 0.2) is 34.9 Å². The quantitative estimate of drug-likeness (QED) is 0.903. The molecule has 1 aliphatic rings. The predicted molar refractivity (Wildman–Crippen MR) is 75.6 cm³/mol. The largest absolute Gasteiger partial charge is 0.491 e. The van der Waals surface area contributed by atoms with Crippen LogP contribution in [0.5, 0.6) is 5.75 Å². The number of halogens is 1. The number of aryl methyl sites for hydroxylation is 1. The highest BCUT2D eigenvalue weighted by Gasteiger charge is 2.22. The Morgan fingerprint density at radius 3 is 3.10 bits per heavy atom. The number of nitrogens with one attached hydrogen (secondary N) is 1. The summed E-state index contributed by atoms with van der Waals surface area (Å²) in [6.07, 6.45) is 4.82. The third kappa shape index (κ3) is 2.50. The molecule has 0 radical (unpaired) electrons. The normalized spacial score (nSPS) is 17.6. The molecule has 1 aromatic heterocycles. The van der Waals surface area contributed by atoms with E-state index in [0.29, 0.717) is 12.4 Å². The Labute approximate surface area is 117 Å². The molecule has 106 valence electrons. The lowest BCUT2D eigenvalue weighted by Crippen LogP contribution is -2.16. The molecule has 0 aliphatic heterocycles. The summed E-state index contributed by atoms with van der Waals surface area (Å²) in [7, 11) is 0. The summed E-state index contributed by atoms with van der Waals surface area (Å²) >= 11 is 0. The van der Waals surface area contributed by atoms with Crippen LogP contribution in [0.3, 0.4) is 0 Å². The Kier molecular flexibility index (Phi) is 3.63. The van der Waals surface area contributed by atoms with E-state index in [-0.39, 0.29) is 11.9 Å². The Morgan fingerprint density at radius 2 is 2.30 bits per heavy atom. The first-order valence-corrected chi connectivity index (χ1v) is 7.03. The van der Waals surface area contributed by atoms with Gasteiger partial charge in [-0.2, -0.15) is 0 Å². The molecule has 0 saturated carbocycles. The SMILES string of the molecule is CCOc1ccc(NC2CCCc3occc32)cc1F. The van der Waals surface area contributed by atoms with E-state index < -0.39 is 0 Å². The highest BCUT2D eigenvalue weighted by Crippen LogP contribution is 2.33. The summed E-state index contributed by atoms with van der Waals surface area (Å²) in [5.41, 5.74) is 1.95. The zero-order valence-corrected chi connectivity index (χ0v) is 11.5. The summed E-state index contributed by atoms with van der Waals surface area (Å²) in [4.78, 5) is 0. The van der Waals surface area contributed by atoms with E-state index in [2.05, 4.69) is 5.32 Å². The van der Waals surface area contributed by atoms with Crippen molar-refractivity contribution in [3.05, 3.63) is 47.7 Å². The first kappa shape index (κ1) is 13.0. The highest BCUT2D eigenvalue weighted by molar-refractivity contribution is 5.49. The van der Waals surface area contributed by atoms with E-state index in [1.165, 1.54) is 11.6 Å². The van der Waals surface area contributed by atoms with Gasteiger partial charge in [-0.3, -0.25) is 0 Å². The van der Waals surface area contributed by atoms with E-state index in [9.17, 15) is 4.39 Å². The molecule has 2 aromatic rings. The van der Waals surface area contributed by atoms with Gasteiger partial charge in [0.2, 0.25) is 0 Å². The van der Waals surface area contributed by atoms with Gasteiger partial charge in [-0.1, -0.05) is 0 Å². The number of furan rings is 1. The maximum absolute atomic E-state index is 13.8. The fourth-order valence-corrected chi connectivity index (χ4v) is 2.70. The predicted octanol–water partition coefficient (Wildman–Crippen LogP) is 4.31. The molecule has 1 N–H and O–H groups in total. The van der Waals surface area contributed by atoms with Gasteiger partial charge in [0, 0.05) is 23.7 Å². The van der Waals surface area contributed by atoms with Crippen LogP contribution in [0, 0.1) is 5.82 Å². The lowest BCUT2D eigenvalue weighted by Gasteiger charge is -2.24. The molecule has 1 atom stereocenters. The lowest BCUT2D eigenvalue weighted by atomic mass is 9.93. The molecule has 20 heavy (non-hydrogen) atoms. The van der Waals surface area contributed by atoms with E-state index in [4.69, 9.17) is 9.15 Å². The number of fused-ring (bicyclic) bond motifs is 1. The van der Waals surface area contributed by atoms with Crippen LogP contribution in [0.25, 0.3) is 0 Å². The second-order valence-electron chi connectivity index (χ2n) is 4.97. The van der Waals surface area contributed by atoms with Crippen molar-refractivity contribution >= 4 is 5.69 Å². The standard InChI is InChI=1S/C16H18FNO2/c1-2-19-16-7-6-11(10-13(16)17)18-14-4-3-5-15-12(14)8-9-20-15/h6-10,14,18H,2-5H2,1H3. The van der Waals surface area contributed by atoms with Gasteiger partial charge in [-0.25, -0.2) is 4.39 Å². The van der Waals surface area contributed by atoms with Crippen LogP contribution < -0.4 is 10.1 Å². The van der Waals surface area contributed by atoms with Crippen molar-refractivity contribution < 1.29 is 13.5 Å². The first-order valence-electron chi connectivity index (χ1n) is 7.03. The first-order chi connectivity index (χ1) is 9.78. The van der Waals surface area contributed by atoms with Crippen molar-refractivity contribution in [2.45, 2.75) is 32.2 Å². The number of benzene rings is 1. The molecule has 0 spiro atoms. The molecule has 1 heterocycles. The zero-order valence-electron chi connectivity index (χ0n) is 11.5. The van der Waals surface area contributed by atoms with Crippen molar-refractivity contribution in [2.24, 2.45) is 0 Å². The topological polar surface area (TPSA) is 34.4 Å². The van der Waals surface area contributed by atoms with Gasteiger partial charge in [-0.05, 0) is 38.0 Å². The number of anilines is 1. The maximum Gasteiger partial charge on any atom is 0.167 e. The molecule has 4 heteroatoms. The van der Waals surface area contributed by atoms with E-state index in [1.807, 2.05) is 19.1 Å². The van der Waals surface area contributed by atoms with Gasteiger partial charge in [0.25, 0.3) is 0 Å². The Bertz CT molecular complexity index is 594. The van der Waals surface area contributed by atoms with Crippen molar-refractivity contribution in [2.75, 3.05) is 11.9 Å². The van der Waals surface area contributed by atoms with E-state index in [1.54, 1.807) is 12.3 Å². The summed E-state index contributed by atoms with van der Waals surface area (Å²) < 4.78 is 24.5. The minimum atomic E-state index is -0.333. The number of ether oxygens (including phenoxy) is 1. The van der Waals surface area contributed by atoms with Gasteiger partial charge in [0.05, 0.1) is 18.9 Å². The second kappa shape index (κ2) is 5.57. The molecule has 1 aliphatic carbocycles. The molecule has 1 unspecified atom stereocenters. The summed E-state index contributed by atoms with van der Waals surface area (Å²) in [6.45, 7) is 2.30. The maximum atomic E-state index is 13.8. The average Bonchev–Trinajstić information content (AvgIpc) is 2.91. The van der Waals surface area contributed by atoms with E-state index in [0.717, 1.165) is 30.7 Å². The number of hydrogen-bond acceptors (Lipinski definition) is 3. The molecule has 3 nitrogen and oxygen atoms in total. The smallest absolute Gasteiger partial charge is 0.167 e. The van der Waals surface area contributed by atoms with Crippen molar-refractivity contribution in [1.29, 1.82) is 0 Å². The molecular formula is C16H18FNO2. The Morgan fingerprint density at radius 1 is 1.40 bits per heavy atom. The minimum absolute atomic E-state index is 0.190. The van der Waals surface area contributed by atoms with Crippen LogP contribution in [0.1, 0.15) is 37.1 Å². The lowest BCUT2D eigenvalue weighted by molar-refractivity contribution is 0.321. The van der Waals surface area contributed by atoms with Gasteiger partial charge in [0.15, 0.2) is 11.6 Å². The summed E-state index contributed by atoms with van der Waals surface area (Å²) in [5, 5.41) is 3.38. The van der Waals surface area contributed by atoms with E-state index >= 15 is 0 Å². The molecule has 0 saturated heterocycles. The monoisotopic (exact) mass is 275 g/mol. The molecule has 3 rings (SSSR count). The fourth-order valence-electron chi connectivity index (χ4n) is 2.70. The van der Waals surface area contributed by atoms with Crippen LogP contribution in [0.4, 0.5) is 10.1 Å². The molecular weight excluding hydrogens is 257 g/mol. The van der Waals surface area contributed by atoms with Crippen molar-refractivity contribution in [3.8, 4) is 5.75 Å². The average molecular weight is 275 g/mol. The summed E-state index contributed by atoms with van der Waals surface area (Å²) in [6, 6.07) is 7.19. The molecule has 0 fully saturated rings. The highest BCUT2D eigenvalue weighted by atomic mass is 19.1. The third-order valence-corrected chi connectivity index (χ3v) is 3.62. The number of rotatable bonds is 4. The van der Waals surface area contributed by atoms with Crippen LogP contribution in [-0.4, -0.2) is 6.61 Å². The second-order valence-corrected chi connectivity index (χ2v) is 4.97. The molecule has 0 bridgehead atoms. The van der Waals surface area contributed by atoms with Gasteiger partial charge in [-0.15, -0.1) is 0 Å². The summed E-state index contributed by atoms with van der Waals surface area (Å²) in [5.74, 6) is 1.01. The van der Waals surface area contributed by atoms with Gasteiger partial charge >= 0.3 is 0 Å². The van der Waals surface area contributed by atoms with Gasteiger partial charge in [0.1, 0.15) is 5.76 Å². The van der Waals surface area contributed by atoms with Crippen molar-refractivity contribution in [3.63, 3.8) is 0 Å². The van der Waals surface area contributed by atoms with Gasteiger partial charge < -0.3 is 14.5 Å². The van der Waals surface area contributed by atoms with Crippen LogP contribution in [0.2, 0.25) is 0 Å². The van der Waals surface area contributed by atoms with Crippen LogP contribution >= 0.6 is 0 Å². The molecule has 0 amide bonds. The van der Waals surface area contributed by atoms with Crippen molar-refractivity contribution in [1.82, 2.24) is 0 Å². The van der Waals surface area contributed by atoms with Crippen LogP contribution in [-0.2, 0) is 6.42 Å².